The molecule has 0 N–H and O–H groups in total. The summed E-state index contributed by atoms with van der Waals surface area (Å²) in [5.41, 5.74) is 0.953. The number of ether oxygens (including phenoxy) is 1. The average Bonchev–Trinajstić information content (AvgIpc) is 3.30. The molecule has 0 spiro atoms. The minimum Gasteiger partial charge on any atom is -0.468 e. The number of hydrogen-bond donors (Lipinski definition) is 0. The maximum absolute atomic E-state index is 14.1. The van der Waals surface area contributed by atoms with Gasteiger partial charge in [0.2, 0.25) is 0 Å². The first-order chi connectivity index (χ1) is 14.0. The number of methoxy groups -OCH3 is 1. The van der Waals surface area contributed by atoms with Crippen LogP contribution in [0.15, 0.2) is 60.7 Å². The molecule has 0 aromatic heterocycles. The molecule has 6 nitrogen and oxygen atoms in total. The lowest BCUT2D eigenvalue weighted by atomic mass is 9.85. The van der Waals surface area contributed by atoms with Gasteiger partial charge in [0.25, 0.3) is 0 Å². The first-order valence-electron chi connectivity index (χ1n) is 9.89. The third kappa shape index (κ3) is 2.67. The van der Waals surface area contributed by atoms with Crippen molar-refractivity contribution in [3.63, 3.8) is 0 Å². The Morgan fingerprint density at radius 3 is 2.10 bits per heavy atom. The van der Waals surface area contributed by atoms with Crippen molar-refractivity contribution in [3.05, 3.63) is 71.8 Å². The van der Waals surface area contributed by atoms with E-state index in [1.54, 1.807) is 13.8 Å². The minimum absolute atomic E-state index is 0.245. The fourth-order valence-electron chi connectivity index (χ4n) is 4.87. The van der Waals surface area contributed by atoms with E-state index in [0.29, 0.717) is 6.42 Å². The Morgan fingerprint density at radius 2 is 1.59 bits per heavy atom. The van der Waals surface area contributed by atoms with Gasteiger partial charge in [-0.3, -0.25) is 9.46 Å². The number of benzene rings is 2. The summed E-state index contributed by atoms with van der Waals surface area (Å²) in [4.78, 5) is 14.8. The highest BCUT2D eigenvalue weighted by Gasteiger charge is 2.89. The molecule has 154 valence electrons. The Hall–Kier alpha value is -1.98. The van der Waals surface area contributed by atoms with Crippen molar-refractivity contribution in [1.29, 1.82) is 0 Å². The molecule has 2 fully saturated rings. The zero-order valence-electron chi connectivity index (χ0n) is 16.9. The first-order valence-corrected chi connectivity index (χ1v) is 11.4. The Kier molecular flexibility index (Phi) is 5.16. The van der Waals surface area contributed by atoms with Crippen LogP contribution in [0.25, 0.3) is 0 Å². The van der Waals surface area contributed by atoms with E-state index in [1.807, 2.05) is 65.6 Å². The van der Waals surface area contributed by atoms with Crippen molar-refractivity contribution >= 4 is 13.6 Å². The number of rotatable bonds is 8. The quantitative estimate of drug-likeness (QED) is 0.360. The number of esters is 1. The van der Waals surface area contributed by atoms with Crippen molar-refractivity contribution in [3.8, 4) is 0 Å². The maximum Gasteiger partial charge on any atom is 0.355 e. The zero-order chi connectivity index (χ0) is 20.7. The van der Waals surface area contributed by atoms with Gasteiger partial charge in [-0.2, -0.15) is 0 Å². The topological polar surface area (TPSA) is 64.8 Å². The van der Waals surface area contributed by atoms with Crippen molar-refractivity contribution in [2.75, 3.05) is 20.3 Å². The zero-order valence-corrected chi connectivity index (χ0v) is 17.8. The molecule has 2 heterocycles. The molecule has 4 rings (SSSR count). The molecule has 29 heavy (non-hydrogen) atoms. The van der Waals surface area contributed by atoms with Crippen LogP contribution in [0.4, 0.5) is 0 Å². The first kappa shape index (κ1) is 20.3. The van der Waals surface area contributed by atoms with Crippen LogP contribution >= 0.6 is 7.60 Å². The minimum atomic E-state index is -3.62. The molecular formula is C22H26NO5P. The molecule has 0 bridgehead atoms. The van der Waals surface area contributed by atoms with Crippen LogP contribution in [-0.4, -0.2) is 36.7 Å². The van der Waals surface area contributed by atoms with E-state index in [1.165, 1.54) is 7.11 Å². The number of hydrogen-bond acceptors (Lipinski definition) is 6. The Labute approximate surface area is 171 Å². The molecular weight excluding hydrogens is 389 g/mol. The molecule has 2 aromatic rings. The summed E-state index contributed by atoms with van der Waals surface area (Å²) >= 11 is 0. The molecule has 0 aliphatic carbocycles. The van der Waals surface area contributed by atoms with Crippen LogP contribution in [0, 0.1) is 0 Å². The summed E-state index contributed by atoms with van der Waals surface area (Å²) in [7, 11) is -2.23. The van der Waals surface area contributed by atoms with Gasteiger partial charge in [-0.25, -0.2) is 4.79 Å². The molecule has 2 saturated heterocycles. The highest BCUT2D eigenvalue weighted by Crippen LogP contribution is 2.85. The maximum atomic E-state index is 14.1. The highest BCUT2D eigenvalue weighted by molar-refractivity contribution is 7.55. The lowest BCUT2D eigenvalue weighted by molar-refractivity contribution is -0.150. The summed E-state index contributed by atoms with van der Waals surface area (Å²) < 4.78 is 30.9. The largest absolute Gasteiger partial charge is 0.468 e. The van der Waals surface area contributed by atoms with Gasteiger partial charge in [-0.15, -0.1) is 0 Å². The molecule has 0 amide bonds. The van der Waals surface area contributed by atoms with Crippen LogP contribution < -0.4 is 0 Å². The molecule has 0 radical (unpaired) electrons. The van der Waals surface area contributed by atoms with Crippen molar-refractivity contribution in [2.45, 2.75) is 37.1 Å². The third-order valence-electron chi connectivity index (χ3n) is 5.93. The van der Waals surface area contributed by atoms with Gasteiger partial charge < -0.3 is 13.8 Å². The Balaban J connectivity index is 1.88. The number of fused-ring (bicyclic) bond motifs is 1. The highest BCUT2D eigenvalue weighted by atomic mass is 31.2. The summed E-state index contributed by atoms with van der Waals surface area (Å²) in [6.45, 7) is 4.10. The molecule has 2 aliphatic heterocycles. The lowest BCUT2D eigenvalue weighted by Gasteiger charge is -2.49. The van der Waals surface area contributed by atoms with E-state index in [2.05, 4.69) is 0 Å². The van der Waals surface area contributed by atoms with E-state index in [4.69, 9.17) is 13.8 Å². The molecule has 4 atom stereocenters. The second-order valence-electron chi connectivity index (χ2n) is 7.29. The van der Waals surface area contributed by atoms with E-state index in [9.17, 15) is 9.36 Å². The van der Waals surface area contributed by atoms with Crippen LogP contribution in [-0.2, 0) is 28.4 Å². The monoisotopic (exact) mass is 415 g/mol. The molecule has 0 saturated carbocycles. The summed E-state index contributed by atoms with van der Waals surface area (Å²) in [5.74, 6) is -0.322. The predicted molar refractivity (Wildman–Crippen MR) is 109 cm³/mol. The summed E-state index contributed by atoms with van der Waals surface area (Å²) in [5, 5.41) is -1.03. The molecule has 7 heteroatoms. The van der Waals surface area contributed by atoms with Gasteiger partial charge in [0.1, 0.15) is 5.54 Å². The summed E-state index contributed by atoms with van der Waals surface area (Å²) in [6, 6.07) is 19.1. The number of carbonyl (C=O) groups excluding carboxylic acids is 1. The smallest absolute Gasteiger partial charge is 0.355 e. The van der Waals surface area contributed by atoms with Gasteiger partial charge in [-0.1, -0.05) is 60.7 Å². The van der Waals surface area contributed by atoms with E-state index < -0.39 is 18.4 Å². The van der Waals surface area contributed by atoms with Crippen LogP contribution in [0.2, 0.25) is 0 Å². The number of nitrogens with zero attached hydrogens (tertiary/aromatic N) is 1. The molecule has 2 aliphatic rings. The lowest BCUT2D eigenvalue weighted by Crippen LogP contribution is -2.56. The Morgan fingerprint density at radius 1 is 1.03 bits per heavy atom. The van der Waals surface area contributed by atoms with Crippen molar-refractivity contribution in [1.82, 2.24) is 4.90 Å². The number of carbonyl (C=O) groups is 1. The van der Waals surface area contributed by atoms with Crippen LogP contribution in [0.5, 0.6) is 0 Å². The fraction of sp³-hybridized carbons (Fsp3) is 0.409. The van der Waals surface area contributed by atoms with Crippen molar-refractivity contribution < 1.29 is 23.1 Å². The standard InChI is InChI=1S/C22H26NO5P/c1-4-27-29(25,28-5-2)22(18-14-10-7-11-15-18)16-21(20(24)26-3)19(23(21)22)17-12-8-6-9-13-17/h6-15,19H,4-5,16H2,1-3H3/t19-,21-,22-,23?/m1/s1. The van der Waals surface area contributed by atoms with Gasteiger partial charge in [0.05, 0.1) is 26.4 Å². The van der Waals surface area contributed by atoms with Crippen molar-refractivity contribution in [2.24, 2.45) is 0 Å². The average molecular weight is 415 g/mol. The van der Waals surface area contributed by atoms with Gasteiger partial charge in [0.15, 0.2) is 5.28 Å². The second kappa shape index (κ2) is 7.37. The normalized spacial score (nSPS) is 30.2. The SMILES string of the molecule is CCOP(=O)(OCC)[C@@]1(c2ccccc2)C[C@]2(C(=O)OC)[C@@H](c3ccccc3)N21. The van der Waals surface area contributed by atoms with E-state index in [0.717, 1.165) is 11.1 Å². The van der Waals surface area contributed by atoms with Gasteiger partial charge in [0, 0.05) is 6.42 Å². The van der Waals surface area contributed by atoms with E-state index >= 15 is 0 Å². The third-order valence-corrected chi connectivity index (χ3v) is 8.66. The van der Waals surface area contributed by atoms with Crippen LogP contribution in [0.1, 0.15) is 37.4 Å². The fourth-order valence-corrected chi connectivity index (χ4v) is 7.51. The van der Waals surface area contributed by atoms with E-state index in [-0.39, 0.29) is 25.2 Å². The Bertz CT molecular complexity index is 927. The summed E-state index contributed by atoms with van der Waals surface area (Å²) in [6.07, 6.45) is 0.313. The van der Waals surface area contributed by atoms with Crippen LogP contribution in [0.3, 0.4) is 0 Å². The van der Waals surface area contributed by atoms with Gasteiger partial charge >= 0.3 is 13.6 Å². The second-order valence-corrected chi connectivity index (χ2v) is 9.54. The molecule has 2 aromatic carbocycles. The molecule has 1 unspecified atom stereocenters. The van der Waals surface area contributed by atoms with Gasteiger partial charge in [-0.05, 0) is 25.0 Å². The predicted octanol–water partition coefficient (Wildman–Crippen LogP) is 4.48.